The first kappa shape index (κ1) is 20.2. The zero-order chi connectivity index (χ0) is 21.3. The Morgan fingerprint density at radius 1 is 1.33 bits per heavy atom. The van der Waals surface area contributed by atoms with E-state index >= 15 is 0 Å². The molecule has 0 radical (unpaired) electrons. The van der Waals surface area contributed by atoms with Gasteiger partial charge in [-0.3, -0.25) is 4.79 Å². The van der Waals surface area contributed by atoms with Crippen molar-refractivity contribution in [1.82, 2.24) is 20.1 Å². The topological polar surface area (TPSA) is 80.1 Å². The van der Waals surface area contributed by atoms with Crippen molar-refractivity contribution in [2.45, 2.75) is 25.3 Å². The first-order valence-electron chi connectivity index (χ1n) is 9.42. The van der Waals surface area contributed by atoms with Gasteiger partial charge in [0.05, 0.1) is 6.20 Å². The Balaban J connectivity index is 1.45. The molecule has 7 nitrogen and oxygen atoms in total. The summed E-state index contributed by atoms with van der Waals surface area (Å²) in [4.78, 5) is 30.9. The van der Waals surface area contributed by atoms with Gasteiger partial charge in [-0.25, -0.2) is 9.78 Å². The summed E-state index contributed by atoms with van der Waals surface area (Å²) in [6.07, 6.45) is 4.59. The monoisotopic (exact) mass is 471 g/mol. The van der Waals surface area contributed by atoms with Crippen molar-refractivity contribution in [1.29, 1.82) is 0 Å². The summed E-state index contributed by atoms with van der Waals surface area (Å²) in [5.74, 6) is -0.738. The number of aryl methyl sites for hydroxylation is 1. The van der Waals surface area contributed by atoms with Crippen LogP contribution in [0.25, 0.3) is 0 Å². The van der Waals surface area contributed by atoms with Gasteiger partial charge in [-0.15, -0.1) is 0 Å². The number of hydrogen-bond donors (Lipinski definition) is 1. The second-order valence-corrected chi connectivity index (χ2v) is 8.05. The minimum Gasteiger partial charge on any atom is -0.324 e. The van der Waals surface area contributed by atoms with Gasteiger partial charge >= 0.3 is 6.03 Å². The van der Waals surface area contributed by atoms with Crippen LogP contribution in [0.5, 0.6) is 0 Å². The highest BCUT2D eigenvalue weighted by molar-refractivity contribution is 9.10. The van der Waals surface area contributed by atoms with Gasteiger partial charge in [0, 0.05) is 35.5 Å². The standard InChI is InChI=1S/C21H19BrFN5O2/c1-27-18-10-15(22)7-5-14(18)6-8-17(20(27)29)26-21(30)28-12-13(11-24-28)9-16-3-2-4-19(23)25-16/h2-5,7,10-12,17H,6,8-9H2,1H3,(H,26,30)/t17-/m1/s1. The average Bonchev–Trinajstić information content (AvgIpc) is 3.15. The quantitative estimate of drug-likeness (QED) is 0.594. The summed E-state index contributed by atoms with van der Waals surface area (Å²) in [7, 11) is 1.70. The first-order chi connectivity index (χ1) is 14.4. The molecule has 9 heteroatoms. The molecule has 0 unspecified atom stereocenters. The molecule has 0 aliphatic carbocycles. The minimum atomic E-state index is -0.661. The number of rotatable bonds is 3. The van der Waals surface area contributed by atoms with Gasteiger partial charge in [0.1, 0.15) is 6.04 Å². The van der Waals surface area contributed by atoms with Gasteiger partial charge in [0.2, 0.25) is 11.9 Å². The molecule has 1 aliphatic heterocycles. The van der Waals surface area contributed by atoms with Crippen LogP contribution < -0.4 is 10.2 Å². The second kappa shape index (κ2) is 8.35. The number of nitrogens with one attached hydrogen (secondary N) is 1. The maximum Gasteiger partial charge on any atom is 0.342 e. The molecular formula is C21H19BrFN5O2. The van der Waals surface area contributed by atoms with Crippen molar-refractivity contribution >= 4 is 33.6 Å². The number of fused-ring (bicyclic) bond motifs is 1. The van der Waals surface area contributed by atoms with Gasteiger partial charge in [-0.05, 0) is 48.2 Å². The van der Waals surface area contributed by atoms with Gasteiger partial charge in [0.25, 0.3) is 0 Å². The lowest BCUT2D eigenvalue weighted by Gasteiger charge is -2.22. The molecule has 30 heavy (non-hydrogen) atoms. The van der Waals surface area contributed by atoms with Crippen LogP contribution in [0, 0.1) is 5.95 Å². The molecule has 1 atom stereocenters. The largest absolute Gasteiger partial charge is 0.342 e. The lowest BCUT2D eigenvalue weighted by atomic mass is 10.1. The van der Waals surface area contributed by atoms with Crippen molar-refractivity contribution in [3.8, 4) is 0 Å². The van der Waals surface area contributed by atoms with E-state index in [9.17, 15) is 14.0 Å². The van der Waals surface area contributed by atoms with Gasteiger partial charge in [-0.1, -0.05) is 28.1 Å². The number of benzene rings is 1. The molecule has 2 amide bonds. The maximum absolute atomic E-state index is 13.3. The Bertz CT molecular complexity index is 1120. The predicted molar refractivity (Wildman–Crippen MR) is 113 cm³/mol. The molecule has 2 aromatic heterocycles. The van der Waals surface area contributed by atoms with Crippen LogP contribution in [0.2, 0.25) is 0 Å². The van der Waals surface area contributed by atoms with E-state index in [4.69, 9.17) is 0 Å². The van der Waals surface area contributed by atoms with Crippen molar-refractivity contribution < 1.29 is 14.0 Å². The zero-order valence-corrected chi connectivity index (χ0v) is 17.8. The molecule has 3 heterocycles. The maximum atomic E-state index is 13.3. The Morgan fingerprint density at radius 2 is 2.17 bits per heavy atom. The third kappa shape index (κ3) is 4.25. The number of pyridine rings is 1. The van der Waals surface area contributed by atoms with E-state index in [2.05, 4.69) is 31.3 Å². The summed E-state index contributed by atoms with van der Waals surface area (Å²) >= 11 is 3.43. The summed E-state index contributed by atoms with van der Waals surface area (Å²) in [6.45, 7) is 0. The fraction of sp³-hybridized carbons (Fsp3) is 0.238. The third-order valence-corrected chi connectivity index (χ3v) is 5.53. The predicted octanol–water partition coefficient (Wildman–Crippen LogP) is 3.31. The fourth-order valence-corrected chi connectivity index (χ4v) is 3.85. The van der Waals surface area contributed by atoms with Gasteiger partial charge in [0.15, 0.2) is 0 Å². The Morgan fingerprint density at radius 3 is 2.97 bits per heavy atom. The van der Waals surface area contributed by atoms with E-state index < -0.39 is 18.0 Å². The van der Waals surface area contributed by atoms with E-state index in [-0.39, 0.29) is 5.91 Å². The molecule has 0 fully saturated rings. The number of hydrogen-bond acceptors (Lipinski definition) is 4. The van der Waals surface area contributed by atoms with Crippen LogP contribution in [0.3, 0.4) is 0 Å². The highest BCUT2D eigenvalue weighted by Gasteiger charge is 2.29. The molecule has 4 rings (SSSR count). The average molecular weight is 472 g/mol. The number of nitrogens with zero attached hydrogens (tertiary/aromatic N) is 4. The second-order valence-electron chi connectivity index (χ2n) is 7.13. The number of halogens is 2. The summed E-state index contributed by atoms with van der Waals surface area (Å²) in [5, 5.41) is 6.84. The van der Waals surface area contributed by atoms with E-state index in [1.165, 1.54) is 12.3 Å². The molecule has 3 aromatic rings. The Hall–Kier alpha value is -3.07. The SMILES string of the molecule is CN1C(=O)[C@H](NC(=O)n2cc(Cc3cccc(F)n3)cn2)CCc2ccc(Br)cc21. The number of carbonyl (C=O) groups is 2. The summed E-state index contributed by atoms with van der Waals surface area (Å²) in [6, 6.07) is 9.23. The van der Waals surface area contributed by atoms with Crippen LogP contribution in [0.4, 0.5) is 14.9 Å². The number of aromatic nitrogens is 3. The highest BCUT2D eigenvalue weighted by Crippen LogP contribution is 2.29. The van der Waals surface area contributed by atoms with Crippen molar-refractivity contribution in [2.24, 2.45) is 0 Å². The number of amides is 2. The molecule has 0 saturated carbocycles. The number of carbonyl (C=O) groups excluding carboxylic acids is 2. The highest BCUT2D eigenvalue weighted by atomic mass is 79.9. The molecule has 1 N–H and O–H groups in total. The van der Waals surface area contributed by atoms with Crippen molar-refractivity contribution in [2.75, 3.05) is 11.9 Å². The zero-order valence-electron chi connectivity index (χ0n) is 16.2. The molecule has 1 aliphatic rings. The van der Waals surface area contributed by atoms with E-state index in [0.29, 0.717) is 30.5 Å². The van der Waals surface area contributed by atoms with Gasteiger partial charge in [-0.2, -0.15) is 14.2 Å². The lowest BCUT2D eigenvalue weighted by Crippen LogP contribution is -2.48. The van der Waals surface area contributed by atoms with Crippen LogP contribution in [0.1, 0.15) is 23.2 Å². The molecule has 154 valence electrons. The van der Waals surface area contributed by atoms with Crippen molar-refractivity contribution in [3.63, 3.8) is 0 Å². The first-order valence-corrected chi connectivity index (χ1v) is 10.2. The van der Waals surface area contributed by atoms with Crippen LogP contribution >= 0.6 is 15.9 Å². The molecule has 1 aromatic carbocycles. The lowest BCUT2D eigenvalue weighted by molar-refractivity contribution is -0.120. The Kier molecular flexibility index (Phi) is 5.63. The van der Waals surface area contributed by atoms with Crippen LogP contribution in [-0.4, -0.2) is 39.8 Å². The van der Waals surface area contributed by atoms with Crippen molar-refractivity contribution in [3.05, 3.63) is 76.0 Å². The molecular weight excluding hydrogens is 453 g/mol. The van der Waals surface area contributed by atoms with E-state index in [0.717, 1.165) is 20.4 Å². The molecule has 0 spiro atoms. The summed E-state index contributed by atoms with van der Waals surface area (Å²) < 4.78 is 15.3. The number of anilines is 1. The van der Waals surface area contributed by atoms with Crippen LogP contribution in [0.15, 0.2) is 53.3 Å². The third-order valence-electron chi connectivity index (χ3n) is 5.04. The molecule has 0 saturated heterocycles. The van der Waals surface area contributed by atoms with E-state index in [1.807, 2.05) is 18.2 Å². The smallest absolute Gasteiger partial charge is 0.324 e. The Labute approximate surface area is 181 Å². The minimum absolute atomic E-state index is 0.184. The van der Waals surface area contributed by atoms with Gasteiger partial charge < -0.3 is 10.2 Å². The van der Waals surface area contributed by atoms with Crippen LogP contribution in [-0.2, 0) is 17.6 Å². The molecule has 0 bridgehead atoms. The number of likely N-dealkylation sites (N-methyl/N-ethyl adjacent to an activating group) is 1. The summed E-state index contributed by atoms with van der Waals surface area (Å²) in [5.41, 5.74) is 3.13. The van der Waals surface area contributed by atoms with E-state index in [1.54, 1.807) is 30.3 Å². The normalized spacial score (nSPS) is 16.2. The fourth-order valence-electron chi connectivity index (χ4n) is 3.51.